The zero-order valence-electron chi connectivity index (χ0n) is 12.8. The third kappa shape index (κ3) is 3.57. The zero-order chi connectivity index (χ0) is 17.0. The molecule has 0 bridgehead atoms. The van der Waals surface area contributed by atoms with E-state index in [2.05, 4.69) is 24.7 Å². The van der Waals surface area contributed by atoms with E-state index in [9.17, 15) is 14.4 Å². The van der Waals surface area contributed by atoms with E-state index in [1.165, 1.54) is 19.4 Å². The number of nitrogens with one attached hydrogen (secondary N) is 2. The van der Waals surface area contributed by atoms with Gasteiger partial charge in [0.25, 0.3) is 5.91 Å². The molecule has 2 heterocycles. The summed E-state index contributed by atoms with van der Waals surface area (Å²) in [5.74, 6) is -1.66. The highest BCUT2D eigenvalue weighted by atomic mass is 16.5. The molecular weight excluding hydrogens is 306 g/mol. The summed E-state index contributed by atoms with van der Waals surface area (Å²) in [5.41, 5.74) is 1.24. The molecule has 0 atom stereocenters. The first-order chi connectivity index (χ1) is 10.9. The molecule has 0 aliphatic heterocycles. The number of nitrogens with zero attached hydrogens (tertiary/aromatic N) is 1. The van der Waals surface area contributed by atoms with Crippen LogP contribution in [0.25, 0.3) is 0 Å². The van der Waals surface area contributed by atoms with E-state index in [1.807, 2.05) is 0 Å². The number of carbonyl (C=O) groups excluding carboxylic acids is 3. The Bertz CT molecular complexity index is 732. The number of hydrogen-bond acceptors (Lipinski definition) is 7. The average Bonchev–Trinajstić information content (AvgIpc) is 3.12. The van der Waals surface area contributed by atoms with Gasteiger partial charge in [-0.1, -0.05) is 5.16 Å². The molecule has 0 aliphatic rings. The molecule has 9 heteroatoms. The van der Waals surface area contributed by atoms with Crippen molar-refractivity contribution in [3.8, 4) is 0 Å². The summed E-state index contributed by atoms with van der Waals surface area (Å²) in [5, 5.41) is 5.88. The van der Waals surface area contributed by atoms with Crippen molar-refractivity contribution in [1.29, 1.82) is 0 Å². The number of aromatic nitrogens is 2. The van der Waals surface area contributed by atoms with Gasteiger partial charge in [0.2, 0.25) is 0 Å². The smallest absolute Gasteiger partial charge is 0.355 e. The van der Waals surface area contributed by atoms with Gasteiger partial charge >= 0.3 is 11.9 Å². The summed E-state index contributed by atoms with van der Waals surface area (Å²) in [7, 11) is 1.25. The minimum absolute atomic E-state index is 0.0946. The van der Waals surface area contributed by atoms with Gasteiger partial charge in [0.1, 0.15) is 12.0 Å². The van der Waals surface area contributed by atoms with Gasteiger partial charge in [-0.25, -0.2) is 9.59 Å². The molecule has 0 spiro atoms. The van der Waals surface area contributed by atoms with Gasteiger partial charge in [0, 0.05) is 11.8 Å². The summed E-state index contributed by atoms with van der Waals surface area (Å²) in [6, 6.07) is 1.45. The zero-order valence-corrected chi connectivity index (χ0v) is 12.8. The monoisotopic (exact) mass is 321 g/mol. The number of rotatable bonds is 5. The summed E-state index contributed by atoms with van der Waals surface area (Å²) >= 11 is 0. The quantitative estimate of drug-likeness (QED) is 0.793. The number of esters is 2. The maximum absolute atomic E-state index is 12.0. The number of carbonyl (C=O) groups is 3. The Morgan fingerprint density at radius 3 is 2.65 bits per heavy atom. The highest BCUT2D eigenvalue weighted by Crippen LogP contribution is 2.19. The second-order valence-electron chi connectivity index (χ2n) is 4.63. The van der Waals surface area contributed by atoms with Crippen LogP contribution in [0.4, 0.5) is 5.82 Å². The molecule has 2 rings (SSSR count). The standard InChI is InChI=1S/C14H15N3O6/c1-7-11(13(19)21-3)8(2)15-12(7)14(20)22-6-10(18)16-9-4-5-23-17-9/h4-5,15H,6H2,1-3H3,(H,16,17,18). The van der Waals surface area contributed by atoms with Crippen molar-refractivity contribution >= 4 is 23.7 Å². The lowest BCUT2D eigenvalue weighted by molar-refractivity contribution is -0.119. The number of anilines is 1. The van der Waals surface area contributed by atoms with Crippen LogP contribution in [0.2, 0.25) is 0 Å². The minimum atomic E-state index is -0.754. The second-order valence-corrected chi connectivity index (χ2v) is 4.63. The Labute approximate surface area is 130 Å². The van der Waals surface area contributed by atoms with Crippen LogP contribution in [0.5, 0.6) is 0 Å². The molecule has 0 fully saturated rings. The molecule has 0 unspecified atom stereocenters. The van der Waals surface area contributed by atoms with Gasteiger partial charge in [-0.05, 0) is 19.4 Å². The highest BCUT2D eigenvalue weighted by Gasteiger charge is 2.23. The fraction of sp³-hybridized carbons (Fsp3) is 0.286. The Kier molecular flexibility index (Phi) is 4.79. The fourth-order valence-electron chi connectivity index (χ4n) is 2.02. The highest BCUT2D eigenvalue weighted by molar-refractivity contribution is 5.99. The Morgan fingerprint density at radius 2 is 2.04 bits per heavy atom. The molecule has 0 radical (unpaired) electrons. The van der Waals surface area contributed by atoms with E-state index in [0.717, 1.165) is 0 Å². The number of aromatic amines is 1. The molecule has 0 saturated carbocycles. The number of H-pyrrole nitrogens is 1. The van der Waals surface area contributed by atoms with Gasteiger partial charge in [-0.15, -0.1) is 0 Å². The van der Waals surface area contributed by atoms with Crippen LogP contribution >= 0.6 is 0 Å². The Morgan fingerprint density at radius 1 is 1.30 bits per heavy atom. The molecule has 122 valence electrons. The van der Waals surface area contributed by atoms with Crippen molar-refractivity contribution in [3.63, 3.8) is 0 Å². The predicted octanol–water partition coefficient (Wildman–Crippen LogP) is 1.20. The summed E-state index contributed by atoms with van der Waals surface area (Å²) in [6.07, 6.45) is 1.29. The first-order valence-corrected chi connectivity index (χ1v) is 6.58. The predicted molar refractivity (Wildman–Crippen MR) is 77.0 cm³/mol. The second kappa shape index (κ2) is 6.77. The minimum Gasteiger partial charge on any atom is -0.465 e. The molecule has 2 aromatic heterocycles. The number of methoxy groups -OCH3 is 1. The largest absolute Gasteiger partial charge is 0.465 e. The van der Waals surface area contributed by atoms with Crippen molar-refractivity contribution in [3.05, 3.63) is 34.8 Å². The number of amides is 1. The number of hydrogen-bond donors (Lipinski definition) is 2. The van der Waals surface area contributed by atoms with Gasteiger partial charge < -0.3 is 24.3 Å². The van der Waals surface area contributed by atoms with E-state index in [1.54, 1.807) is 13.8 Å². The van der Waals surface area contributed by atoms with Crippen molar-refractivity contribution in [2.75, 3.05) is 19.0 Å². The van der Waals surface area contributed by atoms with Crippen LogP contribution in [0.1, 0.15) is 32.1 Å². The van der Waals surface area contributed by atoms with Crippen LogP contribution in [-0.2, 0) is 14.3 Å². The van der Waals surface area contributed by atoms with Gasteiger partial charge in [0.15, 0.2) is 12.4 Å². The normalized spacial score (nSPS) is 10.2. The Balaban J connectivity index is 2.01. The molecule has 0 aliphatic carbocycles. The lowest BCUT2D eigenvalue weighted by Gasteiger charge is -2.04. The average molecular weight is 321 g/mol. The van der Waals surface area contributed by atoms with Crippen molar-refractivity contribution in [1.82, 2.24) is 10.1 Å². The summed E-state index contributed by atoms with van der Waals surface area (Å²) in [4.78, 5) is 38.1. The topological polar surface area (TPSA) is 124 Å². The Hall–Kier alpha value is -3.10. The molecule has 1 amide bonds. The molecule has 0 saturated heterocycles. The third-order valence-electron chi connectivity index (χ3n) is 3.07. The van der Waals surface area contributed by atoms with E-state index in [-0.39, 0.29) is 17.1 Å². The molecule has 2 aromatic rings. The van der Waals surface area contributed by atoms with E-state index in [4.69, 9.17) is 4.74 Å². The number of ether oxygens (including phenoxy) is 2. The lowest BCUT2D eigenvalue weighted by atomic mass is 10.1. The molecule has 23 heavy (non-hydrogen) atoms. The molecular formula is C14H15N3O6. The van der Waals surface area contributed by atoms with Crippen LogP contribution in [-0.4, -0.2) is 41.7 Å². The van der Waals surface area contributed by atoms with E-state index >= 15 is 0 Å². The van der Waals surface area contributed by atoms with Gasteiger partial charge in [-0.2, -0.15) is 0 Å². The van der Waals surface area contributed by atoms with E-state index < -0.39 is 24.5 Å². The van der Waals surface area contributed by atoms with Crippen LogP contribution in [0.15, 0.2) is 16.9 Å². The van der Waals surface area contributed by atoms with Gasteiger partial charge in [-0.3, -0.25) is 4.79 Å². The van der Waals surface area contributed by atoms with E-state index in [0.29, 0.717) is 11.3 Å². The van der Waals surface area contributed by atoms with Crippen LogP contribution < -0.4 is 5.32 Å². The van der Waals surface area contributed by atoms with Crippen LogP contribution in [0, 0.1) is 13.8 Å². The summed E-state index contributed by atoms with van der Waals surface area (Å²) in [6.45, 7) is 2.71. The molecule has 0 aromatic carbocycles. The van der Waals surface area contributed by atoms with Crippen LogP contribution in [0.3, 0.4) is 0 Å². The lowest BCUT2D eigenvalue weighted by Crippen LogP contribution is -2.21. The maximum atomic E-state index is 12.0. The SMILES string of the molecule is COC(=O)c1c(C)[nH]c(C(=O)OCC(=O)Nc2ccon2)c1C. The first kappa shape index (κ1) is 16.3. The van der Waals surface area contributed by atoms with Crippen molar-refractivity contribution < 1.29 is 28.4 Å². The first-order valence-electron chi connectivity index (χ1n) is 6.58. The molecule has 9 nitrogen and oxygen atoms in total. The number of aryl methyl sites for hydroxylation is 1. The fourth-order valence-corrected chi connectivity index (χ4v) is 2.02. The van der Waals surface area contributed by atoms with Crippen molar-refractivity contribution in [2.24, 2.45) is 0 Å². The third-order valence-corrected chi connectivity index (χ3v) is 3.07. The van der Waals surface area contributed by atoms with Gasteiger partial charge in [0.05, 0.1) is 12.7 Å². The maximum Gasteiger partial charge on any atom is 0.355 e. The summed E-state index contributed by atoms with van der Waals surface area (Å²) < 4.78 is 14.1. The molecule has 2 N–H and O–H groups in total. The van der Waals surface area contributed by atoms with Crippen molar-refractivity contribution in [2.45, 2.75) is 13.8 Å².